The van der Waals surface area contributed by atoms with E-state index in [1.54, 1.807) is 28.7 Å². The molecule has 0 aromatic carbocycles. The van der Waals surface area contributed by atoms with Gasteiger partial charge in [0.25, 0.3) is 0 Å². The average molecular weight is 429 g/mol. The summed E-state index contributed by atoms with van der Waals surface area (Å²) in [6.07, 6.45) is 7.43. The second-order valence-electron chi connectivity index (χ2n) is 7.18. The predicted octanol–water partition coefficient (Wildman–Crippen LogP) is 2.82. The number of aromatic nitrogens is 1. The molecule has 0 N–H and O–H groups in total. The van der Waals surface area contributed by atoms with Gasteiger partial charge in [0, 0.05) is 45.5 Å². The van der Waals surface area contributed by atoms with Gasteiger partial charge in [-0.3, -0.25) is 4.90 Å². The molecule has 0 saturated carbocycles. The molecule has 0 amide bonds. The molecule has 6 nitrogen and oxygen atoms in total. The van der Waals surface area contributed by atoms with Crippen LogP contribution in [0.1, 0.15) is 32.3 Å². The maximum Gasteiger partial charge on any atom is 0.217 e. The molecule has 1 aromatic rings. The smallest absolute Gasteiger partial charge is 0.217 e. The minimum Gasteiger partial charge on any atom is -0.302 e. The van der Waals surface area contributed by atoms with Crippen LogP contribution in [0.5, 0.6) is 0 Å². The van der Waals surface area contributed by atoms with E-state index in [-0.39, 0.29) is 5.75 Å². The van der Waals surface area contributed by atoms with Crippen molar-refractivity contribution in [1.29, 1.82) is 0 Å². The number of hydrogen-bond donors (Lipinski definition) is 0. The molecule has 1 fully saturated rings. The minimum atomic E-state index is -3.27. The molecule has 1 aliphatic heterocycles. The summed E-state index contributed by atoms with van der Waals surface area (Å²) in [6.45, 7) is 11.5. The summed E-state index contributed by atoms with van der Waals surface area (Å²) in [6, 6.07) is 3.51. The Bertz CT molecular complexity index is 695. The highest BCUT2D eigenvalue weighted by Crippen LogP contribution is 2.11. The van der Waals surface area contributed by atoms with Crippen molar-refractivity contribution >= 4 is 27.7 Å². The number of piperazine rings is 1. The molecular weight excluding hydrogens is 396 g/mol. The zero-order valence-corrected chi connectivity index (χ0v) is 18.6. The Hall–Kier alpha value is -0.990. The molecule has 0 bridgehead atoms. The van der Waals surface area contributed by atoms with E-state index in [0.29, 0.717) is 18.2 Å². The van der Waals surface area contributed by atoms with Crippen molar-refractivity contribution in [2.45, 2.75) is 26.7 Å². The Morgan fingerprint density at radius 3 is 2.36 bits per heavy atom. The van der Waals surface area contributed by atoms with Crippen molar-refractivity contribution in [3.8, 4) is 0 Å². The molecule has 0 spiro atoms. The highest BCUT2D eigenvalue weighted by atomic mass is 35.5. The number of rotatable bonds is 11. The van der Waals surface area contributed by atoms with Crippen molar-refractivity contribution in [3.05, 3.63) is 35.1 Å². The maximum absolute atomic E-state index is 12.6. The van der Waals surface area contributed by atoms with Crippen molar-refractivity contribution in [2.75, 3.05) is 58.1 Å². The fourth-order valence-corrected chi connectivity index (χ4v) is 4.76. The maximum atomic E-state index is 12.6. The zero-order valence-electron chi connectivity index (χ0n) is 17.1. The third-order valence-corrected chi connectivity index (χ3v) is 6.89. The lowest BCUT2D eigenvalue weighted by Crippen LogP contribution is -2.50. The first-order chi connectivity index (χ1) is 13.4. The van der Waals surface area contributed by atoms with Crippen molar-refractivity contribution in [3.63, 3.8) is 0 Å². The lowest BCUT2D eigenvalue weighted by molar-refractivity contribution is 0.159. The Kier molecular flexibility index (Phi) is 9.88. The number of halogens is 1. The first-order valence-electron chi connectivity index (χ1n) is 10.1. The summed E-state index contributed by atoms with van der Waals surface area (Å²) in [5.41, 5.74) is 0.841. The number of nitrogens with zero attached hydrogens (tertiary/aromatic N) is 4. The van der Waals surface area contributed by atoms with E-state index >= 15 is 0 Å². The lowest BCUT2D eigenvalue weighted by Gasteiger charge is -2.35. The van der Waals surface area contributed by atoms with Gasteiger partial charge in [0.15, 0.2) is 0 Å². The molecular formula is C20H33ClN4O2S. The molecule has 1 saturated heterocycles. The van der Waals surface area contributed by atoms with Crippen molar-refractivity contribution in [1.82, 2.24) is 19.1 Å². The minimum absolute atomic E-state index is 0.0103. The van der Waals surface area contributed by atoms with Gasteiger partial charge in [-0.25, -0.2) is 13.4 Å². The quantitative estimate of drug-likeness (QED) is 0.507. The van der Waals surface area contributed by atoms with Crippen LogP contribution in [0.2, 0.25) is 5.15 Å². The molecule has 158 valence electrons. The van der Waals surface area contributed by atoms with Crippen LogP contribution in [0.15, 0.2) is 24.4 Å². The van der Waals surface area contributed by atoms with Gasteiger partial charge in [0.1, 0.15) is 5.15 Å². The van der Waals surface area contributed by atoms with Crippen molar-refractivity contribution in [2.24, 2.45) is 0 Å². The third-order valence-electron chi connectivity index (χ3n) is 4.90. The summed E-state index contributed by atoms with van der Waals surface area (Å²) >= 11 is 5.76. The fourth-order valence-electron chi connectivity index (χ4n) is 3.38. The monoisotopic (exact) mass is 428 g/mol. The second kappa shape index (κ2) is 11.9. The van der Waals surface area contributed by atoms with Crippen LogP contribution in [0.25, 0.3) is 6.08 Å². The van der Waals surface area contributed by atoms with E-state index in [4.69, 9.17) is 11.6 Å². The molecule has 1 aromatic heterocycles. The SMILES string of the molecule is CCCN(CCC)CCN1CCN(S(=O)(=O)CC=Cc2ccc(Cl)nc2)CC1. The molecule has 28 heavy (non-hydrogen) atoms. The van der Waals surface area contributed by atoms with Gasteiger partial charge < -0.3 is 4.90 Å². The van der Waals surface area contributed by atoms with Crippen LogP contribution < -0.4 is 0 Å². The topological polar surface area (TPSA) is 56.8 Å². The molecule has 0 radical (unpaired) electrons. The fraction of sp³-hybridized carbons (Fsp3) is 0.650. The molecule has 1 aliphatic rings. The Labute approximate surface area is 175 Å². The van der Waals surface area contributed by atoms with Crippen LogP contribution in [0.3, 0.4) is 0 Å². The van der Waals surface area contributed by atoms with E-state index in [1.807, 2.05) is 6.07 Å². The van der Waals surface area contributed by atoms with E-state index in [9.17, 15) is 8.42 Å². The highest BCUT2D eigenvalue weighted by molar-refractivity contribution is 7.89. The van der Waals surface area contributed by atoms with Gasteiger partial charge >= 0.3 is 0 Å². The van der Waals surface area contributed by atoms with Crippen LogP contribution in [0.4, 0.5) is 0 Å². The summed E-state index contributed by atoms with van der Waals surface area (Å²) in [7, 11) is -3.27. The van der Waals surface area contributed by atoms with Crippen LogP contribution in [0, 0.1) is 0 Å². The molecule has 2 heterocycles. The Morgan fingerprint density at radius 2 is 1.79 bits per heavy atom. The summed E-state index contributed by atoms with van der Waals surface area (Å²) < 4.78 is 26.8. The highest BCUT2D eigenvalue weighted by Gasteiger charge is 2.25. The van der Waals surface area contributed by atoms with Gasteiger partial charge in [-0.15, -0.1) is 0 Å². The molecule has 0 aliphatic carbocycles. The van der Waals surface area contributed by atoms with Crippen LogP contribution in [-0.4, -0.2) is 85.6 Å². The van der Waals surface area contributed by atoms with E-state index in [0.717, 1.165) is 44.8 Å². The summed E-state index contributed by atoms with van der Waals surface area (Å²) in [4.78, 5) is 8.86. The predicted molar refractivity (Wildman–Crippen MR) is 117 cm³/mol. The Balaban J connectivity index is 1.77. The van der Waals surface area contributed by atoms with Gasteiger partial charge in [-0.05, 0) is 37.6 Å². The summed E-state index contributed by atoms with van der Waals surface area (Å²) in [5.74, 6) is 0.0103. The number of sulfonamides is 1. The molecule has 8 heteroatoms. The second-order valence-corrected chi connectivity index (χ2v) is 9.58. The largest absolute Gasteiger partial charge is 0.302 e. The van der Waals surface area contributed by atoms with Gasteiger partial charge in [0.2, 0.25) is 10.0 Å². The third kappa shape index (κ3) is 7.79. The van der Waals surface area contributed by atoms with Crippen molar-refractivity contribution < 1.29 is 8.42 Å². The summed E-state index contributed by atoms with van der Waals surface area (Å²) in [5, 5.41) is 0.426. The number of hydrogen-bond acceptors (Lipinski definition) is 5. The molecule has 2 rings (SSSR count). The molecule has 0 atom stereocenters. The van der Waals surface area contributed by atoms with Crippen LogP contribution in [-0.2, 0) is 10.0 Å². The first-order valence-corrected chi connectivity index (χ1v) is 12.1. The van der Waals surface area contributed by atoms with E-state index < -0.39 is 10.0 Å². The standard InChI is InChI=1S/C20H33ClN4O2S/c1-3-9-23(10-4-2)11-12-24-13-15-25(16-14-24)28(26,27)17-5-6-19-7-8-20(21)22-18-19/h5-8,18H,3-4,9-17H2,1-2H3. The van der Waals surface area contributed by atoms with Crippen LogP contribution >= 0.6 is 11.6 Å². The normalized spacial score (nSPS) is 17.0. The zero-order chi connectivity index (χ0) is 20.4. The first kappa shape index (κ1) is 23.3. The average Bonchev–Trinajstić information content (AvgIpc) is 2.68. The Morgan fingerprint density at radius 1 is 1.11 bits per heavy atom. The van der Waals surface area contributed by atoms with Gasteiger partial charge in [-0.2, -0.15) is 4.31 Å². The number of pyridine rings is 1. The molecule has 0 unspecified atom stereocenters. The lowest BCUT2D eigenvalue weighted by atomic mass is 10.3. The van der Waals surface area contributed by atoms with Gasteiger partial charge in [0.05, 0.1) is 5.75 Å². The van der Waals surface area contributed by atoms with E-state index in [2.05, 4.69) is 28.6 Å². The van der Waals surface area contributed by atoms with Gasteiger partial charge in [-0.1, -0.05) is 43.7 Å². The van der Waals surface area contributed by atoms with E-state index in [1.165, 1.54) is 12.8 Å².